The van der Waals surface area contributed by atoms with Gasteiger partial charge in [-0.25, -0.2) is 0 Å². The van der Waals surface area contributed by atoms with Gasteiger partial charge in [0.2, 0.25) is 0 Å². The van der Waals surface area contributed by atoms with Crippen LogP contribution in [0.1, 0.15) is 21.5 Å². The van der Waals surface area contributed by atoms with Gasteiger partial charge in [0.05, 0.1) is 0 Å². The van der Waals surface area contributed by atoms with E-state index in [0.29, 0.717) is 5.56 Å². The number of hydrogen-bond acceptors (Lipinski definition) is 3. The van der Waals surface area contributed by atoms with Crippen molar-refractivity contribution >= 4 is 17.3 Å². The predicted molar refractivity (Wildman–Crippen MR) is 120 cm³/mol. The molecule has 0 unspecified atom stereocenters. The third-order valence-electron chi connectivity index (χ3n) is 5.39. The molecule has 1 N–H and O–H groups in total. The first-order chi connectivity index (χ1) is 14.2. The summed E-state index contributed by atoms with van der Waals surface area (Å²) >= 11 is 0. The lowest BCUT2D eigenvalue weighted by Crippen LogP contribution is -2.45. The van der Waals surface area contributed by atoms with E-state index in [9.17, 15) is 4.79 Å². The van der Waals surface area contributed by atoms with Crippen LogP contribution in [-0.2, 0) is 6.54 Å². The smallest absolute Gasteiger partial charge is 0.255 e. The van der Waals surface area contributed by atoms with Gasteiger partial charge in [0.25, 0.3) is 5.91 Å². The van der Waals surface area contributed by atoms with Crippen molar-refractivity contribution in [3.63, 3.8) is 0 Å². The van der Waals surface area contributed by atoms with Crippen LogP contribution in [0.15, 0.2) is 78.9 Å². The highest BCUT2D eigenvalue weighted by atomic mass is 16.1. The Balaban J connectivity index is 1.31. The van der Waals surface area contributed by atoms with Gasteiger partial charge in [-0.15, -0.1) is 0 Å². The largest absolute Gasteiger partial charge is 0.369 e. The standard InChI is InChI=1S/C25H27N3O/c1-20-6-5-9-22(18-20)25(29)26-23-10-12-24(13-11-23)28-16-14-27(15-17-28)19-21-7-3-2-4-8-21/h2-13,18H,14-17,19H2,1H3,(H,26,29). The summed E-state index contributed by atoms with van der Waals surface area (Å²) in [5.74, 6) is -0.0732. The molecule has 1 aliphatic rings. The minimum absolute atomic E-state index is 0.0732. The van der Waals surface area contributed by atoms with Crippen LogP contribution in [0.5, 0.6) is 0 Å². The monoisotopic (exact) mass is 385 g/mol. The van der Waals surface area contributed by atoms with E-state index >= 15 is 0 Å². The molecule has 0 bridgehead atoms. The Labute approximate surface area is 172 Å². The van der Waals surface area contributed by atoms with Crippen LogP contribution in [0.25, 0.3) is 0 Å². The molecule has 3 aromatic rings. The third kappa shape index (κ3) is 5.04. The second-order valence-corrected chi connectivity index (χ2v) is 7.62. The maximum absolute atomic E-state index is 12.4. The molecule has 1 fully saturated rings. The summed E-state index contributed by atoms with van der Waals surface area (Å²) in [6.45, 7) is 7.15. The summed E-state index contributed by atoms with van der Waals surface area (Å²) in [5, 5.41) is 2.98. The summed E-state index contributed by atoms with van der Waals surface area (Å²) in [6, 6.07) is 26.5. The molecule has 0 spiro atoms. The Kier molecular flexibility index (Phi) is 5.92. The van der Waals surface area contributed by atoms with E-state index in [-0.39, 0.29) is 5.91 Å². The molecule has 0 radical (unpaired) electrons. The number of piperazine rings is 1. The summed E-state index contributed by atoms with van der Waals surface area (Å²) in [6.07, 6.45) is 0. The van der Waals surface area contributed by atoms with Gasteiger partial charge >= 0.3 is 0 Å². The minimum atomic E-state index is -0.0732. The number of anilines is 2. The zero-order chi connectivity index (χ0) is 20.1. The van der Waals surface area contributed by atoms with Crippen molar-refractivity contribution in [2.75, 3.05) is 36.4 Å². The number of benzene rings is 3. The van der Waals surface area contributed by atoms with Gasteiger partial charge in [-0.2, -0.15) is 0 Å². The minimum Gasteiger partial charge on any atom is -0.369 e. The molecule has 0 aliphatic carbocycles. The van der Waals surface area contributed by atoms with Crippen molar-refractivity contribution in [2.24, 2.45) is 0 Å². The van der Waals surface area contributed by atoms with Crippen molar-refractivity contribution < 1.29 is 4.79 Å². The van der Waals surface area contributed by atoms with E-state index in [1.807, 2.05) is 43.3 Å². The molecule has 148 valence electrons. The highest BCUT2D eigenvalue weighted by Gasteiger charge is 2.17. The Hall–Kier alpha value is -3.11. The summed E-state index contributed by atoms with van der Waals surface area (Å²) < 4.78 is 0. The van der Waals surface area contributed by atoms with Crippen molar-refractivity contribution in [2.45, 2.75) is 13.5 Å². The van der Waals surface area contributed by atoms with E-state index in [0.717, 1.165) is 44.0 Å². The summed E-state index contributed by atoms with van der Waals surface area (Å²) in [5.41, 5.74) is 5.17. The number of nitrogens with zero attached hydrogens (tertiary/aromatic N) is 2. The quantitative estimate of drug-likeness (QED) is 0.699. The van der Waals surface area contributed by atoms with E-state index < -0.39 is 0 Å². The highest BCUT2D eigenvalue weighted by Crippen LogP contribution is 2.21. The van der Waals surface area contributed by atoms with Gasteiger partial charge in [0, 0.05) is 49.7 Å². The number of carbonyl (C=O) groups is 1. The first kappa shape index (κ1) is 19.2. The second-order valence-electron chi connectivity index (χ2n) is 7.62. The van der Waals surface area contributed by atoms with E-state index in [1.54, 1.807) is 0 Å². The van der Waals surface area contributed by atoms with Crippen LogP contribution in [0, 0.1) is 6.92 Å². The molecule has 1 amide bonds. The Morgan fingerprint density at radius 1 is 0.862 bits per heavy atom. The topological polar surface area (TPSA) is 35.6 Å². The van der Waals surface area contributed by atoms with Gasteiger partial charge in [0.15, 0.2) is 0 Å². The average molecular weight is 386 g/mol. The Morgan fingerprint density at radius 2 is 1.59 bits per heavy atom. The second kappa shape index (κ2) is 8.93. The highest BCUT2D eigenvalue weighted by molar-refractivity contribution is 6.04. The number of aryl methyl sites for hydroxylation is 1. The fraction of sp³-hybridized carbons (Fsp3) is 0.240. The third-order valence-corrected chi connectivity index (χ3v) is 5.39. The van der Waals surface area contributed by atoms with Crippen molar-refractivity contribution in [1.29, 1.82) is 0 Å². The van der Waals surface area contributed by atoms with Crippen molar-refractivity contribution in [1.82, 2.24) is 4.90 Å². The fourth-order valence-corrected chi connectivity index (χ4v) is 3.75. The maximum Gasteiger partial charge on any atom is 0.255 e. The van der Waals surface area contributed by atoms with Crippen LogP contribution in [-0.4, -0.2) is 37.0 Å². The predicted octanol–water partition coefficient (Wildman–Crippen LogP) is 4.57. The first-order valence-electron chi connectivity index (χ1n) is 10.2. The summed E-state index contributed by atoms with van der Waals surface area (Å²) in [4.78, 5) is 17.3. The number of carbonyl (C=O) groups excluding carboxylic acids is 1. The molecular weight excluding hydrogens is 358 g/mol. The molecule has 1 aliphatic heterocycles. The first-order valence-corrected chi connectivity index (χ1v) is 10.2. The zero-order valence-electron chi connectivity index (χ0n) is 16.8. The Morgan fingerprint density at radius 3 is 2.28 bits per heavy atom. The van der Waals surface area contributed by atoms with Crippen molar-refractivity contribution in [3.05, 3.63) is 95.6 Å². The van der Waals surface area contributed by atoms with E-state index in [4.69, 9.17) is 0 Å². The lowest BCUT2D eigenvalue weighted by Gasteiger charge is -2.36. The molecule has 1 heterocycles. The van der Waals surface area contributed by atoms with Gasteiger partial charge in [-0.1, -0.05) is 48.0 Å². The number of nitrogens with one attached hydrogen (secondary N) is 1. The molecule has 4 rings (SSSR count). The van der Waals surface area contributed by atoms with Gasteiger partial charge in [0.1, 0.15) is 0 Å². The van der Waals surface area contributed by atoms with Crippen molar-refractivity contribution in [3.8, 4) is 0 Å². The molecule has 0 aromatic heterocycles. The van der Waals surface area contributed by atoms with Crippen LogP contribution in [0.2, 0.25) is 0 Å². The normalized spacial score (nSPS) is 14.6. The van der Waals surface area contributed by atoms with Crippen LogP contribution in [0.3, 0.4) is 0 Å². The molecule has 3 aromatic carbocycles. The zero-order valence-corrected chi connectivity index (χ0v) is 16.8. The number of amides is 1. The molecule has 29 heavy (non-hydrogen) atoms. The van der Waals surface area contributed by atoms with Crippen LogP contribution >= 0.6 is 0 Å². The van der Waals surface area contributed by atoms with Crippen LogP contribution < -0.4 is 10.2 Å². The molecular formula is C25H27N3O. The number of hydrogen-bond donors (Lipinski definition) is 1. The Bertz CT molecular complexity index is 945. The van der Waals surface area contributed by atoms with Gasteiger partial charge < -0.3 is 10.2 Å². The SMILES string of the molecule is Cc1cccc(C(=O)Nc2ccc(N3CCN(Cc4ccccc4)CC3)cc2)c1. The van der Waals surface area contributed by atoms with Gasteiger partial charge in [-0.3, -0.25) is 9.69 Å². The van der Waals surface area contributed by atoms with Crippen LogP contribution in [0.4, 0.5) is 11.4 Å². The molecule has 0 saturated carbocycles. The average Bonchev–Trinajstić information content (AvgIpc) is 2.76. The maximum atomic E-state index is 12.4. The molecule has 4 nitrogen and oxygen atoms in total. The molecule has 0 atom stereocenters. The van der Waals surface area contributed by atoms with E-state index in [2.05, 4.69) is 57.6 Å². The molecule has 1 saturated heterocycles. The number of rotatable bonds is 5. The van der Waals surface area contributed by atoms with Gasteiger partial charge in [-0.05, 0) is 48.9 Å². The summed E-state index contributed by atoms with van der Waals surface area (Å²) in [7, 11) is 0. The van der Waals surface area contributed by atoms with E-state index in [1.165, 1.54) is 11.3 Å². The molecule has 4 heteroatoms. The lowest BCUT2D eigenvalue weighted by molar-refractivity contribution is 0.102. The lowest BCUT2D eigenvalue weighted by atomic mass is 10.1. The fourth-order valence-electron chi connectivity index (χ4n) is 3.75.